The van der Waals surface area contributed by atoms with Gasteiger partial charge in [0.05, 0.1) is 23.6 Å². The van der Waals surface area contributed by atoms with Crippen LogP contribution in [0.5, 0.6) is 0 Å². The van der Waals surface area contributed by atoms with Crippen LogP contribution in [0.4, 0.5) is 5.69 Å². The number of esters is 1. The second-order valence-electron chi connectivity index (χ2n) is 9.66. The van der Waals surface area contributed by atoms with Crippen LogP contribution in [0, 0.1) is 12.3 Å². The smallest absolute Gasteiger partial charge is 0.338 e. The second kappa shape index (κ2) is 7.85. The number of β-amino-alcohol motifs (C(OH)–C–C–N with tert-alkyl or cyclic N) is 1. The molecule has 176 valence electrons. The maximum absolute atomic E-state index is 12.9. The number of aliphatic hydroxyl groups excluding tert-OH is 1. The van der Waals surface area contributed by atoms with Crippen molar-refractivity contribution in [2.24, 2.45) is 5.41 Å². The Labute approximate surface area is 195 Å². The highest BCUT2D eigenvalue weighted by Crippen LogP contribution is 2.43. The summed E-state index contributed by atoms with van der Waals surface area (Å²) in [6.07, 6.45) is 3.28. The lowest BCUT2D eigenvalue weighted by Gasteiger charge is -2.39. The fourth-order valence-corrected chi connectivity index (χ4v) is 5.57. The SMILES string of the molecule is Cc1c([C@@H](O)CN2CCC3(CC2)CC(=O)N(c2cnc4nonc4c2)C3)ccc2c1COC2=O. The summed E-state index contributed by atoms with van der Waals surface area (Å²) >= 11 is 0. The van der Waals surface area contributed by atoms with Gasteiger partial charge in [0.2, 0.25) is 11.6 Å². The Kier molecular flexibility index (Phi) is 4.89. The first-order valence-corrected chi connectivity index (χ1v) is 11.5. The minimum Gasteiger partial charge on any atom is -0.457 e. The molecule has 0 saturated carbocycles. The number of piperidine rings is 1. The predicted molar refractivity (Wildman–Crippen MR) is 120 cm³/mol. The number of carbonyl (C=O) groups excluding carboxylic acids is 2. The van der Waals surface area contributed by atoms with Gasteiger partial charge >= 0.3 is 5.97 Å². The predicted octanol–water partition coefficient (Wildman–Crippen LogP) is 2.15. The Morgan fingerprint density at radius 2 is 2.03 bits per heavy atom. The van der Waals surface area contributed by atoms with Crippen LogP contribution in [0.1, 0.15) is 52.4 Å². The number of ether oxygens (including phenoxy) is 1. The maximum Gasteiger partial charge on any atom is 0.338 e. The van der Waals surface area contributed by atoms with E-state index in [0.29, 0.717) is 36.2 Å². The van der Waals surface area contributed by atoms with Crippen LogP contribution in [0.3, 0.4) is 0 Å². The van der Waals surface area contributed by atoms with Crippen molar-refractivity contribution in [2.45, 2.75) is 38.9 Å². The van der Waals surface area contributed by atoms with Gasteiger partial charge in [0.15, 0.2) is 5.52 Å². The molecule has 0 unspecified atom stereocenters. The molecule has 0 bridgehead atoms. The zero-order valence-electron chi connectivity index (χ0n) is 18.9. The van der Waals surface area contributed by atoms with Gasteiger partial charge in [0.1, 0.15) is 6.61 Å². The zero-order valence-corrected chi connectivity index (χ0v) is 18.9. The van der Waals surface area contributed by atoms with E-state index in [1.54, 1.807) is 23.2 Å². The van der Waals surface area contributed by atoms with Crippen molar-refractivity contribution in [1.82, 2.24) is 20.2 Å². The average molecular weight is 463 g/mol. The van der Waals surface area contributed by atoms with Crippen molar-refractivity contribution in [1.29, 1.82) is 0 Å². The average Bonchev–Trinajstić information content (AvgIpc) is 3.53. The van der Waals surface area contributed by atoms with Gasteiger partial charge in [-0.25, -0.2) is 14.4 Å². The lowest BCUT2D eigenvalue weighted by atomic mass is 9.77. The number of aliphatic hydroxyl groups is 1. The summed E-state index contributed by atoms with van der Waals surface area (Å²) in [5.41, 5.74) is 4.84. The molecular formula is C24H25N5O5. The lowest BCUT2D eigenvalue weighted by Crippen LogP contribution is -2.43. The first-order valence-electron chi connectivity index (χ1n) is 11.5. The van der Waals surface area contributed by atoms with Crippen molar-refractivity contribution in [3.8, 4) is 0 Å². The molecule has 34 heavy (non-hydrogen) atoms. The summed E-state index contributed by atoms with van der Waals surface area (Å²) < 4.78 is 9.85. The Hall–Kier alpha value is -3.37. The molecule has 3 aliphatic rings. The van der Waals surface area contributed by atoms with Gasteiger partial charge in [0, 0.05) is 25.1 Å². The number of nitrogens with zero attached hydrogens (tertiary/aromatic N) is 5. The molecule has 10 heteroatoms. The Bertz CT molecular complexity index is 1300. The third kappa shape index (κ3) is 3.45. The molecule has 2 aromatic heterocycles. The van der Waals surface area contributed by atoms with Gasteiger partial charge in [-0.1, -0.05) is 6.07 Å². The van der Waals surface area contributed by atoms with E-state index in [2.05, 4.69) is 20.2 Å². The van der Waals surface area contributed by atoms with Crippen molar-refractivity contribution in [3.63, 3.8) is 0 Å². The quantitative estimate of drug-likeness (QED) is 0.580. The second-order valence-corrected chi connectivity index (χ2v) is 9.66. The Morgan fingerprint density at radius 3 is 2.85 bits per heavy atom. The van der Waals surface area contributed by atoms with Crippen LogP contribution >= 0.6 is 0 Å². The summed E-state index contributed by atoms with van der Waals surface area (Å²) in [4.78, 5) is 32.9. The van der Waals surface area contributed by atoms with E-state index in [1.165, 1.54) is 0 Å². The van der Waals surface area contributed by atoms with Crippen LogP contribution in [0.15, 0.2) is 29.0 Å². The Balaban J connectivity index is 1.11. The van der Waals surface area contributed by atoms with Gasteiger partial charge in [-0.05, 0) is 71.8 Å². The van der Waals surface area contributed by atoms with Crippen molar-refractivity contribution in [2.75, 3.05) is 31.1 Å². The molecule has 1 aromatic carbocycles. The molecule has 1 amide bonds. The van der Waals surface area contributed by atoms with E-state index >= 15 is 0 Å². The molecule has 0 aliphatic carbocycles. The van der Waals surface area contributed by atoms with Crippen LogP contribution in [0.2, 0.25) is 0 Å². The number of hydrogen-bond acceptors (Lipinski definition) is 9. The van der Waals surface area contributed by atoms with E-state index in [1.807, 2.05) is 13.0 Å². The summed E-state index contributed by atoms with van der Waals surface area (Å²) in [7, 11) is 0. The molecule has 0 radical (unpaired) electrons. The van der Waals surface area contributed by atoms with E-state index in [9.17, 15) is 14.7 Å². The first-order chi connectivity index (χ1) is 16.4. The standard InChI is InChI=1S/C24H25N5O5/c1-14-16(2-3-17-18(14)12-33-23(17)32)20(30)11-28-6-4-24(5-7-28)9-21(31)29(13-24)15-8-19-22(25-10-15)27-34-26-19/h2-3,8,10,20,30H,4-7,9,11-13H2,1H3/t20-/m0/s1. The van der Waals surface area contributed by atoms with E-state index in [0.717, 1.165) is 48.3 Å². The minimum atomic E-state index is -0.648. The molecule has 1 spiro atoms. The highest BCUT2D eigenvalue weighted by molar-refractivity contribution is 5.97. The molecule has 2 saturated heterocycles. The lowest BCUT2D eigenvalue weighted by molar-refractivity contribution is -0.118. The van der Waals surface area contributed by atoms with Crippen molar-refractivity contribution < 1.29 is 24.1 Å². The number of aromatic nitrogens is 3. The number of amides is 1. The van der Waals surface area contributed by atoms with Gasteiger partial charge < -0.3 is 19.6 Å². The van der Waals surface area contributed by atoms with Gasteiger partial charge in [-0.3, -0.25) is 4.79 Å². The number of anilines is 1. The molecule has 1 atom stereocenters. The van der Waals surface area contributed by atoms with Crippen LogP contribution in [0.25, 0.3) is 11.2 Å². The largest absolute Gasteiger partial charge is 0.457 e. The maximum atomic E-state index is 12.9. The number of fused-ring (bicyclic) bond motifs is 2. The zero-order chi connectivity index (χ0) is 23.4. The van der Waals surface area contributed by atoms with Crippen LogP contribution in [-0.4, -0.2) is 63.4 Å². The van der Waals surface area contributed by atoms with Gasteiger partial charge in [0.25, 0.3) is 0 Å². The minimum absolute atomic E-state index is 0.0727. The van der Waals surface area contributed by atoms with Gasteiger partial charge in [-0.15, -0.1) is 0 Å². The summed E-state index contributed by atoms with van der Waals surface area (Å²) in [6.45, 7) is 5.00. The fraction of sp³-hybridized carbons (Fsp3) is 0.458. The fourth-order valence-electron chi connectivity index (χ4n) is 5.57. The number of cyclic esters (lactones) is 1. The number of benzene rings is 1. The van der Waals surface area contributed by atoms with Crippen molar-refractivity contribution in [3.05, 3.63) is 46.6 Å². The van der Waals surface area contributed by atoms with E-state index in [-0.39, 0.29) is 23.9 Å². The third-order valence-corrected chi connectivity index (χ3v) is 7.65. The first kappa shape index (κ1) is 21.2. The highest BCUT2D eigenvalue weighted by Gasteiger charge is 2.45. The van der Waals surface area contributed by atoms with Crippen LogP contribution in [-0.2, 0) is 16.1 Å². The monoisotopic (exact) mass is 463 g/mol. The summed E-state index contributed by atoms with van der Waals surface area (Å²) in [5.74, 6) is -0.203. The molecular weight excluding hydrogens is 438 g/mol. The number of pyridine rings is 1. The molecule has 1 N–H and O–H groups in total. The van der Waals surface area contributed by atoms with Crippen molar-refractivity contribution >= 4 is 28.7 Å². The number of hydrogen-bond donors (Lipinski definition) is 1. The van der Waals surface area contributed by atoms with Crippen LogP contribution < -0.4 is 4.90 Å². The third-order valence-electron chi connectivity index (χ3n) is 7.65. The van der Waals surface area contributed by atoms with Gasteiger partial charge in [-0.2, -0.15) is 0 Å². The van der Waals surface area contributed by atoms with E-state index in [4.69, 9.17) is 9.37 Å². The normalized spacial score (nSPS) is 20.8. The number of carbonyl (C=O) groups is 2. The highest BCUT2D eigenvalue weighted by atomic mass is 16.6. The summed E-state index contributed by atoms with van der Waals surface area (Å²) in [6, 6.07) is 5.37. The summed E-state index contributed by atoms with van der Waals surface area (Å²) in [5, 5.41) is 18.5. The molecule has 5 heterocycles. The molecule has 2 fully saturated rings. The number of likely N-dealkylation sites (tertiary alicyclic amines) is 1. The molecule has 3 aromatic rings. The topological polar surface area (TPSA) is 122 Å². The number of rotatable bonds is 4. The Morgan fingerprint density at radius 1 is 1.21 bits per heavy atom. The molecule has 3 aliphatic heterocycles. The molecule has 6 rings (SSSR count). The molecule has 10 nitrogen and oxygen atoms in total. The van der Waals surface area contributed by atoms with E-state index < -0.39 is 6.10 Å².